The predicted octanol–water partition coefficient (Wildman–Crippen LogP) is 1.71. The lowest BCUT2D eigenvalue weighted by Gasteiger charge is -2.34. The molecule has 15 heavy (non-hydrogen) atoms. The summed E-state index contributed by atoms with van der Waals surface area (Å²) in [5, 5.41) is 0. The SMILES string of the molecule is COC(=O)[C@@H]1C[C@@H]2O[CH][CH][CH]C2=C[C@@H]1C. The van der Waals surface area contributed by atoms with E-state index in [9.17, 15) is 4.79 Å². The van der Waals surface area contributed by atoms with Crippen LogP contribution >= 0.6 is 0 Å². The summed E-state index contributed by atoms with van der Waals surface area (Å²) in [6, 6.07) is 0. The Balaban J connectivity index is 2.13. The maximum atomic E-state index is 11.5. The normalized spacial score (nSPS) is 35.3. The van der Waals surface area contributed by atoms with Crippen molar-refractivity contribution >= 4 is 5.97 Å². The topological polar surface area (TPSA) is 35.5 Å². The summed E-state index contributed by atoms with van der Waals surface area (Å²) in [5.41, 5.74) is 1.17. The van der Waals surface area contributed by atoms with E-state index in [1.165, 1.54) is 12.7 Å². The van der Waals surface area contributed by atoms with Crippen LogP contribution in [-0.4, -0.2) is 19.2 Å². The Bertz CT molecular complexity index is 283. The fourth-order valence-corrected chi connectivity index (χ4v) is 2.16. The minimum Gasteiger partial charge on any atom is -0.469 e. The monoisotopic (exact) mass is 207 g/mol. The van der Waals surface area contributed by atoms with Gasteiger partial charge >= 0.3 is 5.97 Å². The maximum Gasteiger partial charge on any atom is 0.309 e. The second-order valence-electron chi connectivity index (χ2n) is 4.01. The van der Waals surface area contributed by atoms with Gasteiger partial charge in [-0.1, -0.05) is 13.0 Å². The van der Waals surface area contributed by atoms with Crippen molar-refractivity contribution in [3.63, 3.8) is 0 Å². The molecule has 1 aliphatic heterocycles. The molecule has 1 heterocycles. The van der Waals surface area contributed by atoms with Crippen LogP contribution in [0.4, 0.5) is 0 Å². The number of hydrogen-bond donors (Lipinski definition) is 0. The molecule has 0 amide bonds. The molecule has 1 fully saturated rings. The van der Waals surface area contributed by atoms with Crippen molar-refractivity contribution in [3.8, 4) is 0 Å². The highest BCUT2D eigenvalue weighted by Gasteiger charge is 2.35. The van der Waals surface area contributed by atoms with Gasteiger partial charge in [0.2, 0.25) is 0 Å². The van der Waals surface area contributed by atoms with Crippen molar-refractivity contribution in [1.82, 2.24) is 0 Å². The van der Waals surface area contributed by atoms with Crippen LogP contribution in [0.15, 0.2) is 11.6 Å². The van der Waals surface area contributed by atoms with Gasteiger partial charge in [-0.3, -0.25) is 4.79 Å². The van der Waals surface area contributed by atoms with Crippen molar-refractivity contribution in [2.45, 2.75) is 19.4 Å². The van der Waals surface area contributed by atoms with Crippen LogP contribution in [0.25, 0.3) is 0 Å². The Morgan fingerprint density at radius 1 is 1.60 bits per heavy atom. The number of carbonyl (C=O) groups excluding carboxylic acids is 1. The number of esters is 1. The summed E-state index contributed by atoms with van der Waals surface area (Å²) in [7, 11) is 1.43. The molecular formula is C12H15O3. The van der Waals surface area contributed by atoms with Crippen molar-refractivity contribution < 1.29 is 14.3 Å². The van der Waals surface area contributed by atoms with Gasteiger partial charge in [0.05, 0.1) is 25.7 Å². The molecule has 3 nitrogen and oxygen atoms in total. The first-order valence-corrected chi connectivity index (χ1v) is 5.17. The first-order valence-electron chi connectivity index (χ1n) is 5.17. The van der Waals surface area contributed by atoms with Gasteiger partial charge in [0.1, 0.15) is 0 Å². The van der Waals surface area contributed by atoms with Gasteiger partial charge in [-0.25, -0.2) is 0 Å². The van der Waals surface area contributed by atoms with Crippen LogP contribution in [0.2, 0.25) is 0 Å². The molecule has 1 saturated heterocycles. The Morgan fingerprint density at radius 3 is 3.13 bits per heavy atom. The fraction of sp³-hybridized carbons (Fsp3) is 0.500. The van der Waals surface area contributed by atoms with Gasteiger partial charge in [-0.2, -0.15) is 0 Å². The molecule has 0 bridgehead atoms. The van der Waals surface area contributed by atoms with E-state index in [0.717, 1.165) is 0 Å². The Morgan fingerprint density at radius 2 is 2.40 bits per heavy atom. The third-order valence-corrected chi connectivity index (χ3v) is 3.04. The van der Waals surface area contributed by atoms with Gasteiger partial charge in [-0.15, -0.1) is 0 Å². The van der Waals surface area contributed by atoms with E-state index in [1.54, 1.807) is 6.61 Å². The van der Waals surface area contributed by atoms with E-state index in [2.05, 4.69) is 6.08 Å². The number of ether oxygens (including phenoxy) is 2. The summed E-state index contributed by atoms with van der Waals surface area (Å²) in [6.07, 6.45) is 6.75. The number of carbonyl (C=O) groups is 1. The lowest BCUT2D eigenvalue weighted by molar-refractivity contribution is -0.148. The zero-order valence-corrected chi connectivity index (χ0v) is 8.97. The zero-order chi connectivity index (χ0) is 10.8. The van der Waals surface area contributed by atoms with Crippen molar-refractivity contribution in [2.75, 3.05) is 7.11 Å². The van der Waals surface area contributed by atoms with Crippen LogP contribution in [-0.2, 0) is 14.3 Å². The lowest BCUT2D eigenvalue weighted by Crippen LogP contribution is -2.35. The maximum absolute atomic E-state index is 11.5. The number of rotatable bonds is 1. The van der Waals surface area contributed by atoms with E-state index in [1.807, 2.05) is 19.8 Å². The van der Waals surface area contributed by atoms with E-state index >= 15 is 0 Å². The molecule has 3 radical (unpaired) electrons. The summed E-state index contributed by atoms with van der Waals surface area (Å²) >= 11 is 0. The first kappa shape index (κ1) is 10.7. The summed E-state index contributed by atoms with van der Waals surface area (Å²) in [4.78, 5) is 11.5. The van der Waals surface area contributed by atoms with E-state index < -0.39 is 0 Å². The highest BCUT2D eigenvalue weighted by Crippen LogP contribution is 2.35. The van der Waals surface area contributed by atoms with Crippen LogP contribution < -0.4 is 0 Å². The average Bonchev–Trinajstić information content (AvgIpc) is 2.27. The van der Waals surface area contributed by atoms with Gasteiger partial charge in [0.15, 0.2) is 0 Å². The lowest BCUT2D eigenvalue weighted by atomic mass is 9.78. The number of methoxy groups -OCH3 is 1. The molecule has 81 valence electrons. The molecule has 0 N–H and O–H groups in total. The molecule has 3 heteroatoms. The molecule has 2 rings (SSSR count). The summed E-state index contributed by atoms with van der Waals surface area (Å²) in [6.45, 7) is 3.71. The molecule has 0 aromatic carbocycles. The third kappa shape index (κ3) is 2.07. The fourth-order valence-electron chi connectivity index (χ4n) is 2.16. The molecule has 0 aromatic heterocycles. The summed E-state index contributed by atoms with van der Waals surface area (Å²) < 4.78 is 10.3. The zero-order valence-electron chi connectivity index (χ0n) is 8.97. The second kappa shape index (κ2) is 4.35. The summed E-state index contributed by atoms with van der Waals surface area (Å²) in [5.74, 6) is -0.00495. The van der Waals surface area contributed by atoms with Crippen molar-refractivity contribution in [2.24, 2.45) is 11.8 Å². The van der Waals surface area contributed by atoms with Crippen LogP contribution in [0.5, 0.6) is 0 Å². The number of allylic oxidation sites excluding steroid dienone is 1. The quantitative estimate of drug-likeness (QED) is 0.614. The third-order valence-electron chi connectivity index (χ3n) is 3.04. The molecular weight excluding hydrogens is 192 g/mol. The highest BCUT2D eigenvalue weighted by atomic mass is 16.5. The van der Waals surface area contributed by atoms with Crippen LogP contribution in [0.3, 0.4) is 0 Å². The largest absolute Gasteiger partial charge is 0.469 e. The molecule has 3 atom stereocenters. The highest BCUT2D eigenvalue weighted by molar-refractivity contribution is 5.73. The van der Waals surface area contributed by atoms with Gasteiger partial charge < -0.3 is 9.47 Å². The molecule has 1 aliphatic carbocycles. The smallest absolute Gasteiger partial charge is 0.309 e. The van der Waals surface area contributed by atoms with Crippen molar-refractivity contribution in [1.29, 1.82) is 0 Å². The van der Waals surface area contributed by atoms with Crippen LogP contribution in [0, 0.1) is 31.3 Å². The van der Waals surface area contributed by atoms with E-state index in [0.29, 0.717) is 6.42 Å². The van der Waals surface area contributed by atoms with Gasteiger partial charge in [0.25, 0.3) is 0 Å². The van der Waals surface area contributed by atoms with Crippen LogP contribution in [0.1, 0.15) is 13.3 Å². The number of hydrogen-bond acceptors (Lipinski definition) is 3. The standard InChI is InChI=1S/C12H15O3/c1-8-6-9-4-3-5-15-11(9)7-10(8)12(13)14-2/h3-6,8,10-11H,7H2,1-2H3/t8-,10+,11-/m0/s1. The second-order valence-corrected chi connectivity index (χ2v) is 4.01. The molecule has 2 aliphatic rings. The Kier molecular flexibility index (Phi) is 3.10. The van der Waals surface area contributed by atoms with E-state index in [4.69, 9.17) is 9.47 Å². The molecule has 0 saturated carbocycles. The Hall–Kier alpha value is -0.830. The molecule has 0 spiro atoms. The average molecular weight is 207 g/mol. The molecule has 0 unspecified atom stereocenters. The number of fused-ring (bicyclic) bond motifs is 1. The first-order chi connectivity index (χ1) is 7.22. The van der Waals surface area contributed by atoms with Gasteiger partial charge in [0, 0.05) is 6.42 Å². The van der Waals surface area contributed by atoms with Gasteiger partial charge in [-0.05, 0) is 24.3 Å². The Labute approximate surface area is 90.4 Å². The molecule has 0 aromatic rings. The minimum atomic E-state index is -0.143. The predicted molar refractivity (Wildman–Crippen MR) is 55.1 cm³/mol. The van der Waals surface area contributed by atoms with E-state index in [-0.39, 0.29) is 23.9 Å². The minimum absolute atomic E-state index is 0.0234. The van der Waals surface area contributed by atoms with Crippen molar-refractivity contribution in [3.05, 3.63) is 31.1 Å².